The fraction of sp³-hybridized carbons (Fsp3) is 0.273. The number of ether oxygens (including phenoxy) is 1. The van der Waals surface area contributed by atoms with Gasteiger partial charge in [0.2, 0.25) is 0 Å². The summed E-state index contributed by atoms with van der Waals surface area (Å²) in [6.07, 6.45) is 3.90. The maximum Gasteiger partial charge on any atom is 0.167 e. The fourth-order valence-corrected chi connectivity index (χ4v) is 3.76. The lowest BCUT2D eigenvalue weighted by Gasteiger charge is -2.20. The van der Waals surface area contributed by atoms with Gasteiger partial charge in [-0.25, -0.2) is 4.39 Å². The van der Waals surface area contributed by atoms with Crippen molar-refractivity contribution in [1.29, 1.82) is 0 Å². The number of rotatable bonds is 7. The van der Waals surface area contributed by atoms with Crippen molar-refractivity contribution in [3.8, 4) is 17.0 Å². The van der Waals surface area contributed by atoms with Crippen molar-refractivity contribution in [3.63, 3.8) is 0 Å². The van der Waals surface area contributed by atoms with Crippen molar-refractivity contribution in [3.05, 3.63) is 59.8 Å². The number of ketones is 1. The van der Waals surface area contributed by atoms with Crippen molar-refractivity contribution in [2.45, 2.75) is 12.8 Å². The maximum atomic E-state index is 13.7. The third-order valence-electron chi connectivity index (χ3n) is 5.08. The number of hydrogen-bond acceptors (Lipinski definition) is 6. The van der Waals surface area contributed by atoms with Crippen LogP contribution in [0.2, 0.25) is 0 Å². The number of nitrogens with one attached hydrogen (secondary N) is 2. The number of aromatic nitrogens is 2. The van der Waals surface area contributed by atoms with Gasteiger partial charge in [0.25, 0.3) is 0 Å². The van der Waals surface area contributed by atoms with Crippen LogP contribution < -0.4 is 10.1 Å². The molecular weight excluding hydrogens is 389 g/mol. The topological polar surface area (TPSA) is 107 Å². The Morgan fingerprint density at radius 1 is 1.27 bits per heavy atom. The number of pyridine rings is 1. The highest BCUT2D eigenvalue weighted by atomic mass is 19.1. The molecule has 0 amide bonds. The minimum Gasteiger partial charge on any atom is -0.489 e. The lowest BCUT2D eigenvalue weighted by atomic mass is 9.86. The van der Waals surface area contributed by atoms with Gasteiger partial charge in [0, 0.05) is 36.2 Å². The summed E-state index contributed by atoms with van der Waals surface area (Å²) < 4.78 is 19.4. The molecule has 7 nitrogen and oxygen atoms in total. The first-order valence-corrected chi connectivity index (χ1v) is 9.70. The van der Waals surface area contributed by atoms with E-state index in [0.29, 0.717) is 46.1 Å². The predicted octanol–water partition coefficient (Wildman–Crippen LogP) is 3.07. The second kappa shape index (κ2) is 8.64. The number of benzene rings is 1. The van der Waals surface area contributed by atoms with Gasteiger partial charge in [-0.3, -0.25) is 9.78 Å². The van der Waals surface area contributed by atoms with Crippen LogP contribution >= 0.6 is 0 Å². The summed E-state index contributed by atoms with van der Waals surface area (Å²) in [5.74, 6) is -0.197. The van der Waals surface area contributed by atoms with Gasteiger partial charge in [-0.2, -0.15) is 0 Å². The average Bonchev–Trinajstić information content (AvgIpc) is 3.10. The quantitative estimate of drug-likeness (QED) is 0.476. The normalized spacial score (nSPS) is 15.7. The number of Topliss-reactive ketones (excluding diaryl/α,β-unsaturated/α-hetero) is 1. The molecule has 0 saturated carbocycles. The number of aromatic amines is 1. The minimum atomic E-state index is -0.395. The molecule has 1 unspecified atom stereocenters. The van der Waals surface area contributed by atoms with Crippen LogP contribution in [0.4, 0.5) is 15.8 Å². The van der Waals surface area contributed by atoms with Crippen LogP contribution in [-0.2, 0) is 6.42 Å². The zero-order valence-corrected chi connectivity index (χ0v) is 16.2. The van der Waals surface area contributed by atoms with Crippen LogP contribution in [-0.4, -0.2) is 45.8 Å². The zero-order valence-electron chi connectivity index (χ0n) is 16.2. The molecule has 2 aromatic heterocycles. The summed E-state index contributed by atoms with van der Waals surface area (Å²) in [4.78, 5) is 20.3. The Morgan fingerprint density at radius 2 is 2.13 bits per heavy atom. The van der Waals surface area contributed by atoms with Gasteiger partial charge >= 0.3 is 0 Å². The molecule has 156 valence electrons. The molecule has 4 rings (SSSR count). The Labute approximate surface area is 172 Å². The van der Waals surface area contributed by atoms with Crippen molar-refractivity contribution in [2.75, 3.05) is 25.1 Å². The molecule has 4 N–H and O–H groups in total. The number of anilines is 2. The fourth-order valence-electron chi connectivity index (χ4n) is 3.76. The second-order valence-corrected chi connectivity index (χ2v) is 7.19. The molecule has 0 saturated heterocycles. The SMILES string of the molecule is O=C1CC(CO)Cc2[nH]c(-c3ccncc3OCCO)c(Nc3cccc(F)c3)c21. The molecule has 30 heavy (non-hydrogen) atoms. The van der Waals surface area contributed by atoms with Gasteiger partial charge < -0.3 is 25.3 Å². The summed E-state index contributed by atoms with van der Waals surface area (Å²) in [5.41, 5.74) is 3.50. The highest BCUT2D eigenvalue weighted by molar-refractivity contribution is 6.07. The van der Waals surface area contributed by atoms with Gasteiger partial charge in [-0.15, -0.1) is 0 Å². The van der Waals surface area contributed by atoms with Gasteiger partial charge in [0.1, 0.15) is 18.2 Å². The smallest absolute Gasteiger partial charge is 0.167 e. The molecule has 1 aliphatic rings. The van der Waals surface area contributed by atoms with Crippen LogP contribution in [0, 0.1) is 11.7 Å². The van der Waals surface area contributed by atoms with E-state index in [2.05, 4.69) is 15.3 Å². The van der Waals surface area contributed by atoms with E-state index in [4.69, 9.17) is 9.84 Å². The van der Waals surface area contributed by atoms with Crippen LogP contribution in [0.25, 0.3) is 11.3 Å². The van der Waals surface area contributed by atoms with E-state index < -0.39 is 5.82 Å². The van der Waals surface area contributed by atoms with Crippen molar-refractivity contribution in [2.24, 2.45) is 5.92 Å². The Kier molecular flexibility index (Phi) is 5.78. The summed E-state index contributed by atoms with van der Waals surface area (Å²) in [7, 11) is 0. The molecule has 1 atom stereocenters. The molecule has 0 radical (unpaired) electrons. The van der Waals surface area contributed by atoms with Crippen LogP contribution in [0.5, 0.6) is 5.75 Å². The number of carbonyl (C=O) groups excluding carboxylic acids is 1. The summed E-state index contributed by atoms with van der Waals surface area (Å²) in [5, 5.41) is 21.9. The molecule has 0 aliphatic heterocycles. The van der Waals surface area contributed by atoms with E-state index in [1.807, 2.05) is 0 Å². The standard InChI is InChI=1S/C22H22FN3O4/c23-14-2-1-3-15(10-14)25-22-20-17(8-13(12-28)9-18(20)29)26-21(22)16-4-5-24-11-19(16)30-7-6-27/h1-5,10-11,13,25-28H,6-9,12H2. The number of aliphatic hydroxyl groups is 2. The van der Waals surface area contributed by atoms with E-state index in [-0.39, 0.29) is 37.9 Å². The molecule has 1 aliphatic carbocycles. The largest absolute Gasteiger partial charge is 0.489 e. The average molecular weight is 411 g/mol. The third-order valence-corrected chi connectivity index (χ3v) is 5.08. The van der Waals surface area contributed by atoms with Crippen LogP contribution in [0.15, 0.2) is 42.7 Å². The van der Waals surface area contributed by atoms with E-state index in [1.54, 1.807) is 24.4 Å². The lowest BCUT2D eigenvalue weighted by molar-refractivity contribution is 0.0919. The highest BCUT2D eigenvalue weighted by Crippen LogP contribution is 2.42. The molecule has 0 fully saturated rings. The van der Waals surface area contributed by atoms with Crippen molar-refractivity contribution >= 4 is 17.2 Å². The first-order chi connectivity index (χ1) is 14.6. The van der Waals surface area contributed by atoms with E-state index in [1.165, 1.54) is 18.3 Å². The number of fused-ring (bicyclic) bond motifs is 1. The van der Waals surface area contributed by atoms with Gasteiger partial charge in [0.05, 0.1) is 29.7 Å². The Bertz CT molecular complexity index is 1070. The van der Waals surface area contributed by atoms with E-state index in [9.17, 15) is 14.3 Å². The zero-order chi connectivity index (χ0) is 21.1. The molecular formula is C22H22FN3O4. The Morgan fingerprint density at radius 3 is 2.90 bits per heavy atom. The Hall–Kier alpha value is -3.23. The number of aliphatic hydroxyl groups excluding tert-OH is 2. The number of halogens is 1. The second-order valence-electron chi connectivity index (χ2n) is 7.19. The van der Waals surface area contributed by atoms with Crippen molar-refractivity contribution < 1.29 is 24.1 Å². The number of carbonyl (C=O) groups is 1. The van der Waals surface area contributed by atoms with Gasteiger partial charge in [-0.1, -0.05) is 6.07 Å². The molecule has 8 heteroatoms. The molecule has 2 heterocycles. The van der Waals surface area contributed by atoms with Crippen LogP contribution in [0.3, 0.4) is 0 Å². The maximum absolute atomic E-state index is 13.7. The lowest BCUT2D eigenvalue weighted by Crippen LogP contribution is -2.22. The predicted molar refractivity (Wildman–Crippen MR) is 110 cm³/mol. The first-order valence-electron chi connectivity index (χ1n) is 9.70. The van der Waals surface area contributed by atoms with Crippen molar-refractivity contribution in [1.82, 2.24) is 9.97 Å². The van der Waals surface area contributed by atoms with Gasteiger partial charge in [-0.05, 0) is 36.6 Å². The summed E-state index contributed by atoms with van der Waals surface area (Å²) in [6.45, 7) is -0.135. The Balaban J connectivity index is 1.85. The van der Waals surface area contributed by atoms with Crippen LogP contribution in [0.1, 0.15) is 22.5 Å². The van der Waals surface area contributed by atoms with E-state index >= 15 is 0 Å². The van der Waals surface area contributed by atoms with E-state index in [0.717, 1.165) is 0 Å². The number of nitrogens with zero attached hydrogens (tertiary/aromatic N) is 1. The number of hydrogen-bond donors (Lipinski definition) is 4. The molecule has 0 bridgehead atoms. The minimum absolute atomic E-state index is 0.0771. The number of H-pyrrole nitrogens is 1. The first kappa shape index (κ1) is 20.1. The molecule has 1 aromatic carbocycles. The van der Waals surface area contributed by atoms with Gasteiger partial charge in [0.15, 0.2) is 5.78 Å². The highest BCUT2D eigenvalue weighted by Gasteiger charge is 2.32. The monoisotopic (exact) mass is 411 g/mol. The summed E-state index contributed by atoms with van der Waals surface area (Å²) >= 11 is 0. The summed E-state index contributed by atoms with van der Waals surface area (Å²) in [6, 6.07) is 7.74. The molecule has 0 spiro atoms. The third kappa shape index (κ3) is 3.92. The molecule has 3 aromatic rings.